The molecule has 0 spiro atoms. The zero-order chi connectivity index (χ0) is 11.1. The number of hydrogen-bond acceptors (Lipinski definition) is 4. The zero-order valence-corrected chi connectivity index (χ0v) is 9.22. The third-order valence-corrected chi connectivity index (χ3v) is 2.37. The molecular formula is C11H18N2O2. The molecule has 4 nitrogen and oxygen atoms in total. The van der Waals surface area contributed by atoms with Crippen LogP contribution >= 0.6 is 0 Å². The Labute approximate surface area is 90.4 Å². The number of nitrogens with zero attached hydrogens (tertiary/aromatic N) is 1. The van der Waals surface area contributed by atoms with E-state index in [1.165, 1.54) is 0 Å². The van der Waals surface area contributed by atoms with Crippen LogP contribution in [-0.4, -0.2) is 32.0 Å². The third-order valence-electron chi connectivity index (χ3n) is 2.37. The van der Waals surface area contributed by atoms with E-state index in [1.807, 2.05) is 18.3 Å². The van der Waals surface area contributed by atoms with Crippen LogP contribution in [-0.2, 0) is 15.9 Å². The van der Waals surface area contributed by atoms with Crippen molar-refractivity contribution in [2.24, 2.45) is 11.7 Å². The predicted molar refractivity (Wildman–Crippen MR) is 58.3 cm³/mol. The second kappa shape index (κ2) is 6.50. The highest BCUT2D eigenvalue weighted by atomic mass is 16.7. The minimum absolute atomic E-state index is 0.157. The van der Waals surface area contributed by atoms with E-state index in [1.54, 1.807) is 20.4 Å². The number of pyridine rings is 1. The molecule has 0 bridgehead atoms. The maximum absolute atomic E-state index is 5.69. The van der Waals surface area contributed by atoms with Gasteiger partial charge in [-0.05, 0) is 18.1 Å². The normalized spacial score (nSPS) is 13.1. The average Bonchev–Trinajstić information content (AvgIpc) is 2.30. The largest absolute Gasteiger partial charge is 0.356 e. The van der Waals surface area contributed by atoms with Gasteiger partial charge in [-0.3, -0.25) is 4.98 Å². The monoisotopic (exact) mass is 210 g/mol. The predicted octanol–water partition coefficient (Wildman–Crippen LogP) is 0.818. The number of aromatic nitrogens is 1. The van der Waals surface area contributed by atoms with Gasteiger partial charge in [0.15, 0.2) is 6.29 Å². The van der Waals surface area contributed by atoms with Crippen molar-refractivity contribution in [2.45, 2.75) is 12.7 Å². The molecular weight excluding hydrogens is 192 g/mol. The summed E-state index contributed by atoms with van der Waals surface area (Å²) in [6, 6.07) is 3.94. The Morgan fingerprint density at radius 3 is 2.60 bits per heavy atom. The van der Waals surface area contributed by atoms with Gasteiger partial charge in [0, 0.05) is 39.1 Å². The molecule has 0 amide bonds. The van der Waals surface area contributed by atoms with E-state index in [4.69, 9.17) is 15.2 Å². The van der Waals surface area contributed by atoms with Crippen LogP contribution in [0.15, 0.2) is 24.5 Å². The van der Waals surface area contributed by atoms with Crippen molar-refractivity contribution in [3.05, 3.63) is 30.1 Å². The van der Waals surface area contributed by atoms with E-state index in [2.05, 4.69) is 4.98 Å². The molecule has 1 heterocycles. The van der Waals surface area contributed by atoms with Gasteiger partial charge < -0.3 is 15.2 Å². The van der Waals surface area contributed by atoms with Gasteiger partial charge in [0.05, 0.1) is 0 Å². The molecule has 15 heavy (non-hydrogen) atoms. The molecule has 0 aliphatic rings. The zero-order valence-electron chi connectivity index (χ0n) is 9.22. The average molecular weight is 210 g/mol. The highest BCUT2D eigenvalue weighted by Gasteiger charge is 2.19. The molecule has 0 fully saturated rings. The third kappa shape index (κ3) is 3.58. The van der Waals surface area contributed by atoms with E-state index in [-0.39, 0.29) is 12.2 Å². The van der Waals surface area contributed by atoms with E-state index in [9.17, 15) is 0 Å². The fraction of sp³-hybridized carbons (Fsp3) is 0.545. The summed E-state index contributed by atoms with van der Waals surface area (Å²) in [5.74, 6) is 0.157. The van der Waals surface area contributed by atoms with Gasteiger partial charge in [-0.25, -0.2) is 0 Å². The lowest BCUT2D eigenvalue weighted by Crippen LogP contribution is -2.32. The molecule has 0 saturated heterocycles. The minimum atomic E-state index is -0.254. The summed E-state index contributed by atoms with van der Waals surface area (Å²) < 4.78 is 10.4. The first-order chi connectivity index (χ1) is 7.31. The Balaban J connectivity index is 2.61. The summed E-state index contributed by atoms with van der Waals surface area (Å²) in [5, 5.41) is 0. The van der Waals surface area contributed by atoms with E-state index >= 15 is 0 Å². The highest BCUT2D eigenvalue weighted by Crippen LogP contribution is 2.13. The Bertz CT molecular complexity index is 263. The van der Waals surface area contributed by atoms with Crippen LogP contribution in [0.5, 0.6) is 0 Å². The van der Waals surface area contributed by atoms with E-state index in [0.717, 1.165) is 12.0 Å². The van der Waals surface area contributed by atoms with Crippen molar-refractivity contribution in [1.82, 2.24) is 4.98 Å². The number of nitrogens with two attached hydrogens (primary N) is 1. The summed E-state index contributed by atoms with van der Waals surface area (Å²) in [4.78, 5) is 4.06. The van der Waals surface area contributed by atoms with Gasteiger partial charge in [-0.15, -0.1) is 0 Å². The molecule has 1 aromatic heterocycles. The van der Waals surface area contributed by atoms with Crippen LogP contribution in [0.4, 0.5) is 0 Å². The molecule has 84 valence electrons. The Kier molecular flexibility index (Phi) is 5.25. The Hall–Kier alpha value is -0.970. The minimum Gasteiger partial charge on any atom is -0.356 e. The maximum atomic E-state index is 5.69. The van der Waals surface area contributed by atoms with Crippen LogP contribution in [0.3, 0.4) is 0 Å². The van der Waals surface area contributed by atoms with Crippen molar-refractivity contribution >= 4 is 0 Å². The van der Waals surface area contributed by atoms with E-state index < -0.39 is 0 Å². The first-order valence-electron chi connectivity index (χ1n) is 4.96. The van der Waals surface area contributed by atoms with Gasteiger partial charge in [-0.1, -0.05) is 6.07 Å². The van der Waals surface area contributed by atoms with Crippen molar-refractivity contribution in [2.75, 3.05) is 20.8 Å². The van der Waals surface area contributed by atoms with Gasteiger partial charge in [0.2, 0.25) is 0 Å². The second-order valence-corrected chi connectivity index (χ2v) is 3.40. The van der Waals surface area contributed by atoms with Crippen LogP contribution in [0.1, 0.15) is 5.56 Å². The van der Waals surface area contributed by atoms with Gasteiger partial charge in [0.1, 0.15) is 0 Å². The first kappa shape index (κ1) is 12.1. The molecule has 0 radical (unpaired) electrons. The number of ether oxygens (including phenoxy) is 2. The molecule has 0 aliphatic carbocycles. The smallest absolute Gasteiger partial charge is 0.161 e. The van der Waals surface area contributed by atoms with Gasteiger partial charge >= 0.3 is 0 Å². The lowest BCUT2D eigenvalue weighted by Gasteiger charge is -2.23. The molecule has 0 saturated carbocycles. The standard InChI is InChI=1S/C11H18N2O2/c1-14-11(15-2)10(7-12)6-9-4-3-5-13-8-9/h3-5,8,10-11H,6-7,12H2,1-2H3. The topological polar surface area (TPSA) is 57.4 Å². The molecule has 1 atom stereocenters. The fourth-order valence-corrected chi connectivity index (χ4v) is 1.59. The fourth-order valence-electron chi connectivity index (χ4n) is 1.59. The maximum Gasteiger partial charge on any atom is 0.161 e. The molecule has 1 rings (SSSR count). The SMILES string of the molecule is COC(OC)C(CN)Cc1cccnc1. The lowest BCUT2D eigenvalue weighted by atomic mass is 10.00. The molecule has 1 aromatic rings. The molecule has 1 unspecified atom stereocenters. The number of hydrogen-bond donors (Lipinski definition) is 1. The van der Waals surface area contributed by atoms with Crippen LogP contribution < -0.4 is 5.73 Å². The summed E-state index contributed by atoms with van der Waals surface area (Å²) in [6.45, 7) is 0.529. The summed E-state index contributed by atoms with van der Waals surface area (Å²) in [5.41, 5.74) is 6.84. The van der Waals surface area contributed by atoms with Gasteiger partial charge in [-0.2, -0.15) is 0 Å². The highest BCUT2D eigenvalue weighted by molar-refractivity contribution is 5.09. The summed E-state index contributed by atoms with van der Waals surface area (Å²) in [7, 11) is 3.25. The summed E-state index contributed by atoms with van der Waals surface area (Å²) in [6.07, 6.45) is 4.16. The second-order valence-electron chi connectivity index (χ2n) is 3.40. The first-order valence-corrected chi connectivity index (χ1v) is 4.96. The Morgan fingerprint density at radius 1 is 1.40 bits per heavy atom. The molecule has 0 aliphatic heterocycles. The van der Waals surface area contributed by atoms with E-state index in [0.29, 0.717) is 6.54 Å². The van der Waals surface area contributed by atoms with Crippen molar-refractivity contribution in [3.63, 3.8) is 0 Å². The number of methoxy groups -OCH3 is 2. The van der Waals surface area contributed by atoms with Crippen molar-refractivity contribution in [3.8, 4) is 0 Å². The lowest BCUT2D eigenvalue weighted by molar-refractivity contribution is -0.134. The number of rotatable bonds is 6. The van der Waals surface area contributed by atoms with Crippen LogP contribution in [0.25, 0.3) is 0 Å². The van der Waals surface area contributed by atoms with Gasteiger partial charge in [0.25, 0.3) is 0 Å². The molecule has 2 N–H and O–H groups in total. The van der Waals surface area contributed by atoms with Crippen LogP contribution in [0, 0.1) is 5.92 Å². The quantitative estimate of drug-likeness (QED) is 0.706. The van der Waals surface area contributed by atoms with Crippen LogP contribution in [0.2, 0.25) is 0 Å². The summed E-state index contributed by atoms with van der Waals surface area (Å²) >= 11 is 0. The molecule has 4 heteroatoms. The Morgan fingerprint density at radius 2 is 2.13 bits per heavy atom. The molecule has 0 aromatic carbocycles. The van der Waals surface area contributed by atoms with Crippen molar-refractivity contribution in [1.29, 1.82) is 0 Å². The van der Waals surface area contributed by atoms with Crippen molar-refractivity contribution < 1.29 is 9.47 Å².